The number of aromatic nitrogens is 1. The Balaban J connectivity index is 1.41. The number of fused-ring (bicyclic) bond motifs is 3. The van der Waals surface area contributed by atoms with E-state index in [1.807, 2.05) is 48.5 Å². The highest BCUT2D eigenvalue weighted by molar-refractivity contribution is 7.07. The number of hydrogen-bond acceptors (Lipinski definition) is 5. The molecular weight excluding hydrogens is 563 g/mol. The van der Waals surface area contributed by atoms with E-state index in [0.29, 0.717) is 30.9 Å². The highest BCUT2D eigenvalue weighted by Gasteiger charge is 2.34. The van der Waals surface area contributed by atoms with Gasteiger partial charge < -0.3 is 9.15 Å². The first-order chi connectivity index (χ1) is 19.5. The van der Waals surface area contributed by atoms with Crippen molar-refractivity contribution < 1.29 is 9.15 Å². The molecule has 0 spiro atoms. The van der Waals surface area contributed by atoms with E-state index < -0.39 is 0 Å². The van der Waals surface area contributed by atoms with E-state index in [9.17, 15) is 4.79 Å². The summed E-state index contributed by atoms with van der Waals surface area (Å²) in [4.78, 5) is 19.8. The van der Waals surface area contributed by atoms with Crippen LogP contribution in [-0.2, 0) is 6.42 Å². The first-order valence-electron chi connectivity index (χ1n) is 12.8. The summed E-state index contributed by atoms with van der Waals surface area (Å²) in [6.07, 6.45) is 3.47. The fourth-order valence-corrected chi connectivity index (χ4v) is 7.07. The Kier molecular flexibility index (Phi) is 6.27. The van der Waals surface area contributed by atoms with Gasteiger partial charge in [-0.25, -0.2) is 4.99 Å². The summed E-state index contributed by atoms with van der Waals surface area (Å²) in [5.41, 5.74) is 6.02. The summed E-state index contributed by atoms with van der Waals surface area (Å²) in [5, 5.41) is 1.05. The van der Waals surface area contributed by atoms with E-state index in [1.165, 1.54) is 16.9 Å². The average molecular weight is 586 g/mol. The van der Waals surface area contributed by atoms with Crippen LogP contribution in [0.15, 0.2) is 98.6 Å². The minimum atomic E-state index is -0.321. The summed E-state index contributed by atoms with van der Waals surface area (Å²) in [6, 6.07) is 24.9. The molecule has 0 unspecified atom stereocenters. The molecule has 1 aliphatic heterocycles. The number of benzene rings is 3. The largest absolute Gasteiger partial charge is 0.496 e. The Labute approximate surface area is 243 Å². The number of rotatable bonds is 4. The number of nitrogens with zero attached hydrogens (tertiary/aromatic N) is 2. The molecule has 0 amide bonds. The fraction of sp³-hybridized carbons (Fsp3) is 0.125. The smallest absolute Gasteiger partial charge is 0.271 e. The van der Waals surface area contributed by atoms with Crippen molar-refractivity contribution in [3.63, 3.8) is 0 Å². The molecule has 0 bridgehead atoms. The Morgan fingerprint density at radius 3 is 2.67 bits per heavy atom. The zero-order valence-electron chi connectivity index (χ0n) is 21.4. The number of furan rings is 1. The number of allylic oxidation sites excluding steroid dienone is 1. The summed E-state index contributed by atoms with van der Waals surface area (Å²) >= 11 is 13.8. The fourth-order valence-electron chi connectivity index (χ4n) is 5.58. The van der Waals surface area contributed by atoms with Gasteiger partial charge in [-0.2, -0.15) is 0 Å². The number of methoxy groups -OCH3 is 1. The summed E-state index contributed by atoms with van der Waals surface area (Å²) in [6.45, 7) is 0. The van der Waals surface area contributed by atoms with Gasteiger partial charge in [0.1, 0.15) is 17.3 Å². The van der Waals surface area contributed by atoms with E-state index in [-0.39, 0.29) is 11.6 Å². The topological polar surface area (TPSA) is 56.7 Å². The minimum absolute atomic E-state index is 0.118. The first kappa shape index (κ1) is 25.1. The van der Waals surface area contributed by atoms with Gasteiger partial charge in [-0.3, -0.25) is 9.36 Å². The molecule has 7 rings (SSSR count). The molecule has 40 heavy (non-hydrogen) atoms. The van der Waals surface area contributed by atoms with E-state index in [4.69, 9.17) is 37.3 Å². The van der Waals surface area contributed by atoms with Gasteiger partial charge >= 0.3 is 0 Å². The van der Waals surface area contributed by atoms with E-state index in [2.05, 4.69) is 18.2 Å². The molecular formula is C32H22Cl2N2O3S. The van der Waals surface area contributed by atoms with Crippen LogP contribution in [-0.4, -0.2) is 11.7 Å². The number of hydrogen-bond donors (Lipinski definition) is 0. The number of ether oxygens (including phenoxy) is 1. The van der Waals surface area contributed by atoms with Gasteiger partial charge in [-0.1, -0.05) is 77.0 Å². The number of thiazole rings is 1. The molecule has 0 N–H and O–H groups in total. The predicted octanol–water partition coefficient (Wildman–Crippen LogP) is 6.89. The van der Waals surface area contributed by atoms with Crippen molar-refractivity contribution >= 4 is 46.3 Å². The van der Waals surface area contributed by atoms with Crippen molar-refractivity contribution in [2.45, 2.75) is 18.9 Å². The second-order valence-electron chi connectivity index (χ2n) is 9.68. The van der Waals surface area contributed by atoms with Gasteiger partial charge in [0, 0.05) is 27.8 Å². The lowest BCUT2D eigenvalue weighted by Gasteiger charge is -2.31. The normalized spacial score (nSPS) is 16.3. The van der Waals surface area contributed by atoms with Crippen LogP contribution in [0.2, 0.25) is 10.0 Å². The van der Waals surface area contributed by atoms with Gasteiger partial charge in [0.15, 0.2) is 4.80 Å². The Morgan fingerprint density at radius 2 is 1.82 bits per heavy atom. The Bertz CT molecular complexity index is 2020. The lowest BCUT2D eigenvalue weighted by Crippen LogP contribution is -2.38. The van der Waals surface area contributed by atoms with Crippen LogP contribution in [0, 0.1) is 0 Å². The highest BCUT2D eigenvalue weighted by Crippen LogP contribution is 2.43. The third kappa shape index (κ3) is 4.15. The van der Waals surface area contributed by atoms with Crippen molar-refractivity contribution in [2.75, 3.05) is 7.11 Å². The second kappa shape index (κ2) is 9.97. The molecule has 5 nitrogen and oxygen atoms in total. The molecule has 2 aromatic heterocycles. The van der Waals surface area contributed by atoms with Crippen LogP contribution < -0.4 is 19.6 Å². The number of halogens is 2. The first-order valence-corrected chi connectivity index (χ1v) is 14.4. The molecule has 2 aliphatic rings. The van der Waals surface area contributed by atoms with Crippen LogP contribution in [0.5, 0.6) is 5.75 Å². The second-order valence-corrected chi connectivity index (χ2v) is 11.5. The van der Waals surface area contributed by atoms with E-state index in [1.54, 1.807) is 29.9 Å². The standard InChI is InChI=1S/C32H22Cl2N2O3S/c1-38-26-9-5-4-8-23(26)30-24-13-10-18-6-2-3-7-21(18)29(24)35-32-36(30)31(37)28(40-32)17-20-12-15-27(39-20)22-14-11-19(33)16-25(22)34/h2-9,11-12,14-17,30H,10,13H2,1H3/b28-17+/t30-/m0/s1. The van der Waals surface area contributed by atoms with Crippen molar-refractivity contribution in [3.8, 4) is 17.1 Å². The molecule has 0 saturated heterocycles. The van der Waals surface area contributed by atoms with Crippen molar-refractivity contribution in [3.05, 3.63) is 137 Å². The highest BCUT2D eigenvalue weighted by atomic mass is 35.5. The maximum atomic E-state index is 14.0. The number of para-hydroxylation sites is 1. The maximum Gasteiger partial charge on any atom is 0.271 e. The predicted molar refractivity (Wildman–Crippen MR) is 160 cm³/mol. The third-order valence-corrected chi connectivity index (χ3v) is 8.93. The number of aryl methyl sites for hydroxylation is 1. The van der Waals surface area contributed by atoms with Crippen molar-refractivity contribution in [1.82, 2.24) is 4.57 Å². The Morgan fingerprint density at radius 1 is 1.00 bits per heavy atom. The zero-order chi connectivity index (χ0) is 27.4. The molecule has 3 aromatic carbocycles. The molecule has 5 aromatic rings. The molecule has 0 fully saturated rings. The van der Waals surface area contributed by atoms with E-state index in [0.717, 1.165) is 46.6 Å². The van der Waals surface area contributed by atoms with Crippen LogP contribution in [0.4, 0.5) is 0 Å². The van der Waals surface area contributed by atoms with Crippen LogP contribution >= 0.6 is 34.5 Å². The molecule has 198 valence electrons. The summed E-state index contributed by atoms with van der Waals surface area (Å²) in [5.74, 6) is 1.89. The van der Waals surface area contributed by atoms with Crippen molar-refractivity contribution in [1.29, 1.82) is 0 Å². The average Bonchev–Trinajstić information content (AvgIpc) is 3.56. The molecule has 1 aliphatic carbocycles. The van der Waals surface area contributed by atoms with Gasteiger partial charge in [0.05, 0.1) is 28.4 Å². The van der Waals surface area contributed by atoms with Gasteiger partial charge in [-0.05, 0) is 60.4 Å². The molecule has 3 heterocycles. The molecule has 0 saturated carbocycles. The summed E-state index contributed by atoms with van der Waals surface area (Å²) in [7, 11) is 1.66. The monoisotopic (exact) mass is 584 g/mol. The van der Waals surface area contributed by atoms with Gasteiger partial charge in [0.25, 0.3) is 5.56 Å². The van der Waals surface area contributed by atoms with Crippen LogP contribution in [0.1, 0.15) is 34.9 Å². The van der Waals surface area contributed by atoms with Crippen LogP contribution in [0.25, 0.3) is 23.1 Å². The lowest BCUT2D eigenvalue weighted by atomic mass is 9.83. The van der Waals surface area contributed by atoms with Crippen molar-refractivity contribution in [2.24, 2.45) is 4.99 Å². The summed E-state index contributed by atoms with van der Waals surface area (Å²) < 4.78 is 14.2. The molecule has 1 atom stereocenters. The van der Waals surface area contributed by atoms with Crippen LogP contribution in [0.3, 0.4) is 0 Å². The minimum Gasteiger partial charge on any atom is -0.496 e. The Hall–Kier alpha value is -3.84. The van der Waals surface area contributed by atoms with Gasteiger partial charge in [0.2, 0.25) is 0 Å². The third-order valence-electron chi connectivity index (χ3n) is 7.40. The lowest BCUT2D eigenvalue weighted by molar-refractivity contribution is 0.402. The van der Waals surface area contributed by atoms with E-state index >= 15 is 0 Å². The molecule has 8 heteroatoms. The SMILES string of the molecule is COc1ccccc1[C@H]1C2=C(N=c3s/c(=C/c4ccc(-c5ccc(Cl)cc5Cl)o4)c(=O)n31)c1ccccc1CC2. The zero-order valence-corrected chi connectivity index (χ0v) is 23.7. The maximum absolute atomic E-state index is 14.0. The quantitative estimate of drug-likeness (QED) is 0.231. The molecule has 0 radical (unpaired) electrons. The van der Waals surface area contributed by atoms with Gasteiger partial charge in [-0.15, -0.1) is 0 Å².